The van der Waals surface area contributed by atoms with Gasteiger partial charge in [-0.3, -0.25) is 0 Å². The largest absolute Gasteiger partial charge is 0.390 e. The first-order valence-corrected chi connectivity index (χ1v) is 6.28. The summed E-state index contributed by atoms with van der Waals surface area (Å²) in [7, 11) is 0. The van der Waals surface area contributed by atoms with Crippen molar-refractivity contribution >= 4 is 40.2 Å². The topological polar surface area (TPSA) is 40.5 Å². The maximum Gasteiger partial charge on any atom is 0.106 e. The van der Waals surface area contributed by atoms with Crippen LogP contribution < -0.4 is 0 Å². The van der Waals surface area contributed by atoms with Crippen molar-refractivity contribution in [3.63, 3.8) is 0 Å². The zero-order valence-corrected chi connectivity index (χ0v) is 11.1. The third kappa shape index (κ3) is 3.64. The van der Waals surface area contributed by atoms with Crippen molar-refractivity contribution in [2.75, 3.05) is 5.75 Å². The second kappa shape index (κ2) is 6.11. The number of hydrogen-bond donors (Lipinski definition) is 3. The van der Waals surface area contributed by atoms with Crippen LogP contribution in [0.5, 0.6) is 0 Å². The fourth-order valence-electron chi connectivity index (χ4n) is 1.24. The van der Waals surface area contributed by atoms with Crippen molar-refractivity contribution in [1.29, 1.82) is 0 Å². The predicted molar refractivity (Wildman–Crippen MR) is 68.6 cm³/mol. The number of rotatable bonds is 4. The Kier molecular flexibility index (Phi) is 5.43. The van der Waals surface area contributed by atoms with Crippen molar-refractivity contribution in [3.8, 4) is 0 Å². The summed E-state index contributed by atoms with van der Waals surface area (Å²) in [6.45, 7) is 0. The molecular weight excluding hydrogens is 300 g/mol. The van der Waals surface area contributed by atoms with Gasteiger partial charge in [0.25, 0.3) is 0 Å². The summed E-state index contributed by atoms with van der Waals surface area (Å²) >= 11 is 13.1. The Morgan fingerprint density at radius 1 is 1.40 bits per heavy atom. The van der Waals surface area contributed by atoms with Gasteiger partial charge in [0.2, 0.25) is 0 Å². The first kappa shape index (κ1) is 13.3. The molecule has 0 spiro atoms. The van der Waals surface area contributed by atoms with E-state index in [1.54, 1.807) is 18.2 Å². The molecule has 0 saturated heterocycles. The number of halogens is 2. The first-order chi connectivity index (χ1) is 7.06. The van der Waals surface area contributed by atoms with Crippen LogP contribution in [0.1, 0.15) is 18.1 Å². The number of aliphatic hydroxyl groups is 2. The van der Waals surface area contributed by atoms with E-state index in [9.17, 15) is 10.2 Å². The molecule has 0 aliphatic carbocycles. The van der Waals surface area contributed by atoms with Crippen LogP contribution in [-0.4, -0.2) is 22.1 Å². The molecule has 0 amide bonds. The number of aliphatic hydroxyl groups excluding tert-OH is 2. The van der Waals surface area contributed by atoms with Gasteiger partial charge in [0, 0.05) is 9.50 Å². The zero-order valence-electron chi connectivity index (χ0n) is 7.90. The molecule has 0 aliphatic heterocycles. The highest BCUT2D eigenvalue weighted by Gasteiger charge is 2.19. The Morgan fingerprint density at radius 2 is 2.07 bits per heavy atom. The fourth-order valence-corrected chi connectivity index (χ4v) is 2.42. The zero-order chi connectivity index (χ0) is 11.4. The first-order valence-electron chi connectivity index (χ1n) is 4.48. The number of thiol groups is 1. The summed E-state index contributed by atoms with van der Waals surface area (Å²) in [5.41, 5.74) is 0.633. The lowest BCUT2D eigenvalue weighted by Gasteiger charge is -2.18. The smallest absolute Gasteiger partial charge is 0.106 e. The highest BCUT2D eigenvalue weighted by Crippen LogP contribution is 2.29. The fraction of sp³-hybridized carbons (Fsp3) is 0.400. The van der Waals surface area contributed by atoms with Gasteiger partial charge in [0.05, 0.1) is 6.10 Å². The molecule has 0 heterocycles. The van der Waals surface area contributed by atoms with Gasteiger partial charge in [-0.15, -0.1) is 0 Å². The standard InChI is InChI=1S/C10H12BrClO2S/c11-8-5-6(12)1-2-7(8)10(14)9(13)3-4-15/h1-2,5,9-10,13-15H,3-4H2. The van der Waals surface area contributed by atoms with E-state index < -0.39 is 12.2 Å². The molecule has 0 aliphatic rings. The molecule has 84 valence electrons. The number of benzene rings is 1. The van der Waals surface area contributed by atoms with Gasteiger partial charge in [-0.05, 0) is 29.9 Å². The molecule has 0 fully saturated rings. The van der Waals surface area contributed by atoms with Crippen molar-refractivity contribution < 1.29 is 10.2 Å². The van der Waals surface area contributed by atoms with Gasteiger partial charge in [0.15, 0.2) is 0 Å². The third-order valence-electron chi connectivity index (χ3n) is 2.07. The molecule has 0 radical (unpaired) electrons. The molecule has 2 atom stereocenters. The van der Waals surface area contributed by atoms with E-state index in [0.717, 1.165) is 0 Å². The van der Waals surface area contributed by atoms with Crippen LogP contribution in [0.2, 0.25) is 5.02 Å². The highest BCUT2D eigenvalue weighted by atomic mass is 79.9. The average molecular weight is 312 g/mol. The van der Waals surface area contributed by atoms with E-state index in [1.807, 2.05) is 0 Å². The highest BCUT2D eigenvalue weighted by molar-refractivity contribution is 9.10. The summed E-state index contributed by atoms with van der Waals surface area (Å²) < 4.78 is 0.695. The molecule has 2 nitrogen and oxygen atoms in total. The Labute approximate surface area is 108 Å². The van der Waals surface area contributed by atoms with Gasteiger partial charge in [-0.2, -0.15) is 12.6 Å². The van der Waals surface area contributed by atoms with E-state index in [-0.39, 0.29) is 0 Å². The summed E-state index contributed by atoms with van der Waals surface area (Å²) in [6.07, 6.45) is -1.27. The van der Waals surface area contributed by atoms with Gasteiger partial charge >= 0.3 is 0 Å². The van der Waals surface area contributed by atoms with Gasteiger partial charge < -0.3 is 10.2 Å². The Hall–Kier alpha value is 0.260. The van der Waals surface area contributed by atoms with Gasteiger partial charge in [-0.1, -0.05) is 33.6 Å². The van der Waals surface area contributed by atoms with E-state index in [1.165, 1.54) is 0 Å². The van der Waals surface area contributed by atoms with Crippen LogP contribution in [0.15, 0.2) is 22.7 Å². The number of hydrogen-bond acceptors (Lipinski definition) is 3. The summed E-state index contributed by atoms with van der Waals surface area (Å²) in [6, 6.07) is 5.06. The molecular formula is C10H12BrClO2S. The van der Waals surface area contributed by atoms with Crippen molar-refractivity contribution in [1.82, 2.24) is 0 Å². The molecule has 0 saturated carbocycles. The Morgan fingerprint density at radius 3 is 2.60 bits per heavy atom. The second-order valence-electron chi connectivity index (χ2n) is 3.19. The molecule has 2 unspecified atom stereocenters. The van der Waals surface area contributed by atoms with Crippen LogP contribution >= 0.6 is 40.2 Å². The van der Waals surface area contributed by atoms with Crippen LogP contribution in [0.4, 0.5) is 0 Å². The van der Waals surface area contributed by atoms with E-state index in [2.05, 4.69) is 28.6 Å². The van der Waals surface area contributed by atoms with E-state index in [0.29, 0.717) is 27.2 Å². The third-order valence-corrected chi connectivity index (χ3v) is 3.25. The monoisotopic (exact) mass is 310 g/mol. The lowest BCUT2D eigenvalue weighted by atomic mass is 10.0. The van der Waals surface area contributed by atoms with Crippen LogP contribution in [0.25, 0.3) is 0 Å². The maximum atomic E-state index is 9.83. The van der Waals surface area contributed by atoms with E-state index in [4.69, 9.17) is 11.6 Å². The second-order valence-corrected chi connectivity index (χ2v) is 4.93. The normalized spacial score (nSPS) is 15.0. The molecule has 5 heteroatoms. The summed E-state index contributed by atoms with van der Waals surface area (Å²) in [5.74, 6) is 0.531. The van der Waals surface area contributed by atoms with Crippen LogP contribution in [0, 0.1) is 0 Å². The van der Waals surface area contributed by atoms with Crippen molar-refractivity contribution in [2.24, 2.45) is 0 Å². The predicted octanol–water partition coefficient (Wildman–Crippen LogP) is 2.82. The molecule has 0 aromatic heterocycles. The molecule has 1 rings (SSSR count). The lowest BCUT2D eigenvalue weighted by molar-refractivity contribution is 0.0168. The molecule has 15 heavy (non-hydrogen) atoms. The minimum absolute atomic E-state index is 0.444. The quantitative estimate of drug-likeness (QED) is 0.748. The minimum Gasteiger partial charge on any atom is -0.390 e. The Bertz CT molecular complexity index is 335. The molecule has 2 N–H and O–H groups in total. The summed E-state index contributed by atoms with van der Waals surface area (Å²) in [5, 5.41) is 20.0. The van der Waals surface area contributed by atoms with Crippen molar-refractivity contribution in [3.05, 3.63) is 33.3 Å². The lowest BCUT2D eigenvalue weighted by Crippen LogP contribution is -2.19. The van der Waals surface area contributed by atoms with Gasteiger partial charge in [-0.25, -0.2) is 0 Å². The molecule has 1 aromatic carbocycles. The molecule has 1 aromatic rings. The minimum atomic E-state index is -0.913. The molecule has 0 bridgehead atoms. The van der Waals surface area contributed by atoms with Crippen LogP contribution in [-0.2, 0) is 0 Å². The summed E-state index contributed by atoms with van der Waals surface area (Å²) in [4.78, 5) is 0. The van der Waals surface area contributed by atoms with Crippen LogP contribution in [0.3, 0.4) is 0 Å². The average Bonchev–Trinajstić information content (AvgIpc) is 2.17. The van der Waals surface area contributed by atoms with Gasteiger partial charge in [0.1, 0.15) is 6.10 Å². The maximum absolute atomic E-state index is 9.83. The SMILES string of the molecule is OC(CCS)C(O)c1ccc(Cl)cc1Br. The Balaban J connectivity index is 2.86. The van der Waals surface area contributed by atoms with Crippen molar-refractivity contribution in [2.45, 2.75) is 18.6 Å². The van der Waals surface area contributed by atoms with E-state index >= 15 is 0 Å².